The van der Waals surface area contributed by atoms with Crippen LogP contribution >= 0.6 is 0 Å². The molecule has 0 bridgehead atoms. The molecule has 0 fully saturated rings. The number of rotatable bonds is 5. The molecule has 26 heavy (non-hydrogen) atoms. The van der Waals surface area contributed by atoms with E-state index in [9.17, 15) is 14.9 Å². The first-order valence-electron chi connectivity index (χ1n) is 8.30. The summed E-state index contributed by atoms with van der Waals surface area (Å²) in [4.78, 5) is 23.3. The number of nitrogens with one attached hydrogen (secondary N) is 2. The van der Waals surface area contributed by atoms with E-state index >= 15 is 0 Å². The van der Waals surface area contributed by atoms with Gasteiger partial charge in [-0.15, -0.1) is 0 Å². The maximum Gasteiger partial charge on any atom is 0.266 e. The van der Waals surface area contributed by atoms with Crippen LogP contribution in [-0.4, -0.2) is 11.8 Å². The maximum atomic E-state index is 12.3. The summed E-state index contributed by atoms with van der Waals surface area (Å²) in [5, 5.41) is 14.6. The van der Waals surface area contributed by atoms with E-state index in [2.05, 4.69) is 24.5 Å². The highest BCUT2D eigenvalue weighted by atomic mass is 16.2. The molecule has 5 nitrogen and oxygen atoms in total. The lowest BCUT2D eigenvalue weighted by molar-refractivity contribution is -0.114. The molecule has 2 aromatic rings. The second-order valence-electron chi connectivity index (χ2n) is 6.20. The molecule has 2 rings (SSSR count). The Morgan fingerprint density at radius 2 is 1.50 bits per heavy atom. The van der Waals surface area contributed by atoms with Gasteiger partial charge in [0.1, 0.15) is 11.6 Å². The predicted molar refractivity (Wildman–Crippen MR) is 103 cm³/mol. The van der Waals surface area contributed by atoms with Gasteiger partial charge in [-0.3, -0.25) is 9.59 Å². The number of carbonyl (C=O) groups is 2. The molecule has 132 valence electrons. The molecule has 0 heterocycles. The van der Waals surface area contributed by atoms with E-state index in [1.54, 1.807) is 30.3 Å². The number of carbonyl (C=O) groups excluding carboxylic acids is 2. The molecule has 0 spiro atoms. The predicted octanol–water partition coefficient (Wildman–Crippen LogP) is 4.31. The lowest BCUT2D eigenvalue weighted by Crippen LogP contribution is -2.13. The van der Waals surface area contributed by atoms with E-state index in [1.807, 2.05) is 30.3 Å². The number of benzene rings is 2. The van der Waals surface area contributed by atoms with Crippen molar-refractivity contribution in [1.29, 1.82) is 5.26 Å². The van der Waals surface area contributed by atoms with Crippen LogP contribution in [0.25, 0.3) is 6.08 Å². The van der Waals surface area contributed by atoms with E-state index in [-0.39, 0.29) is 11.5 Å². The first-order valence-corrected chi connectivity index (χ1v) is 8.30. The molecule has 5 heteroatoms. The highest BCUT2D eigenvalue weighted by Gasteiger charge is 2.10. The molecule has 0 aromatic heterocycles. The molecule has 0 aliphatic heterocycles. The van der Waals surface area contributed by atoms with Crippen LogP contribution in [0.4, 0.5) is 11.4 Å². The molecular weight excluding hydrogens is 326 g/mol. The fourth-order valence-electron chi connectivity index (χ4n) is 2.33. The Labute approximate surface area is 153 Å². The molecule has 0 saturated carbocycles. The smallest absolute Gasteiger partial charge is 0.266 e. The topological polar surface area (TPSA) is 82.0 Å². The molecule has 0 saturated heterocycles. The highest BCUT2D eigenvalue weighted by Crippen LogP contribution is 2.18. The Kier molecular flexibility index (Phi) is 6.29. The summed E-state index contributed by atoms with van der Waals surface area (Å²) in [5.41, 5.74) is 3.19. The maximum absolute atomic E-state index is 12.3. The quantitative estimate of drug-likeness (QED) is 0.624. The first-order chi connectivity index (χ1) is 12.4. The van der Waals surface area contributed by atoms with Crippen LogP contribution in [0.3, 0.4) is 0 Å². The van der Waals surface area contributed by atoms with Crippen molar-refractivity contribution in [3.8, 4) is 6.07 Å². The van der Waals surface area contributed by atoms with Crippen molar-refractivity contribution >= 4 is 29.3 Å². The zero-order valence-corrected chi connectivity index (χ0v) is 15.0. The van der Waals surface area contributed by atoms with Crippen molar-refractivity contribution in [2.24, 2.45) is 0 Å². The van der Waals surface area contributed by atoms with Gasteiger partial charge in [-0.05, 0) is 47.4 Å². The van der Waals surface area contributed by atoms with Gasteiger partial charge in [0, 0.05) is 18.3 Å². The van der Waals surface area contributed by atoms with E-state index in [4.69, 9.17) is 0 Å². The number of anilines is 2. The monoisotopic (exact) mass is 347 g/mol. The Balaban J connectivity index is 2.10. The van der Waals surface area contributed by atoms with Crippen LogP contribution in [0.2, 0.25) is 0 Å². The van der Waals surface area contributed by atoms with Crippen LogP contribution < -0.4 is 10.6 Å². The minimum atomic E-state index is -0.479. The van der Waals surface area contributed by atoms with Crippen molar-refractivity contribution < 1.29 is 9.59 Å². The third kappa shape index (κ3) is 5.32. The minimum Gasteiger partial charge on any atom is -0.326 e. The molecule has 2 N–H and O–H groups in total. The number of nitriles is 1. The first kappa shape index (κ1) is 18.9. The second kappa shape index (κ2) is 8.63. The van der Waals surface area contributed by atoms with E-state index < -0.39 is 5.91 Å². The molecule has 0 atom stereocenters. The number of hydrogen-bond donors (Lipinski definition) is 2. The standard InChI is InChI=1S/C21H21N3O2/c1-14(2)17-6-4-16(5-7-17)12-18(13-22)21(26)24-20-10-8-19(9-11-20)23-15(3)25/h4-12,14H,1-3H3,(H,23,25)(H,24,26)/b18-12+. The van der Waals surface area contributed by atoms with Gasteiger partial charge >= 0.3 is 0 Å². The van der Waals surface area contributed by atoms with Gasteiger partial charge < -0.3 is 10.6 Å². The van der Waals surface area contributed by atoms with E-state index in [1.165, 1.54) is 12.5 Å². The molecular formula is C21H21N3O2. The number of nitrogens with zero attached hydrogens (tertiary/aromatic N) is 1. The van der Waals surface area contributed by atoms with Crippen LogP contribution in [0, 0.1) is 11.3 Å². The van der Waals surface area contributed by atoms with Crippen LogP contribution in [0.1, 0.15) is 37.8 Å². The summed E-state index contributed by atoms with van der Waals surface area (Å²) >= 11 is 0. The summed E-state index contributed by atoms with van der Waals surface area (Å²) in [7, 11) is 0. The zero-order valence-electron chi connectivity index (χ0n) is 15.0. The van der Waals surface area contributed by atoms with E-state index in [0.717, 1.165) is 5.56 Å². The summed E-state index contributed by atoms with van der Waals surface area (Å²) in [6, 6.07) is 16.4. The third-order valence-corrected chi connectivity index (χ3v) is 3.74. The van der Waals surface area contributed by atoms with Gasteiger partial charge in [-0.1, -0.05) is 38.1 Å². The van der Waals surface area contributed by atoms with Gasteiger partial charge in [0.25, 0.3) is 5.91 Å². The Morgan fingerprint density at radius 3 is 1.96 bits per heavy atom. The van der Waals surface area contributed by atoms with Gasteiger partial charge in [-0.25, -0.2) is 0 Å². The molecule has 2 amide bonds. The highest BCUT2D eigenvalue weighted by molar-refractivity contribution is 6.09. The average Bonchev–Trinajstić information content (AvgIpc) is 2.61. The lowest BCUT2D eigenvalue weighted by atomic mass is 10.0. The van der Waals surface area contributed by atoms with Gasteiger partial charge in [0.05, 0.1) is 0 Å². The second-order valence-corrected chi connectivity index (χ2v) is 6.20. The minimum absolute atomic E-state index is 0.0215. The number of amides is 2. The SMILES string of the molecule is CC(=O)Nc1ccc(NC(=O)/C(C#N)=C/c2ccc(C(C)C)cc2)cc1. The molecule has 0 radical (unpaired) electrons. The summed E-state index contributed by atoms with van der Waals surface area (Å²) in [6.07, 6.45) is 1.56. The average molecular weight is 347 g/mol. The molecule has 0 aliphatic rings. The lowest BCUT2D eigenvalue weighted by Gasteiger charge is -2.07. The van der Waals surface area contributed by atoms with Gasteiger partial charge in [-0.2, -0.15) is 5.26 Å². The molecule has 0 unspecified atom stereocenters. The van der Waals surface area contributed by atoms with E-state index in [0.29, 0.717) is 17.3 Å². The van der Waals surface area contributed by atoms with Gasteiger partial charge in [0.2, 0.25) is 5.91 Å². The van der Waals surface area contributed by atoms with Crippen molar-refractivity contribution in [1.82, 2.24) is 0 Å². The van der Waals surface area contributed by atoms with Crippen LogP contribution in [0.15, 0.2) is 54.1 Å². The summed E-state index contributed by atoms with van der Waals surface area (Å²) < 4.78 is 0. The van der Waals surface area contributed by atoms with Gasteiger partial charge in [0.15, 0.2) is 0 Å². The van der Waals surface area contributed by atoms with Crippen molar-refractivity contribution in [2.45, 2.75) is 26.7 Å². The number of hydrogen-bond acceptors (Lipinski definition) is 3. The summed E-state index contributed by atoms with van der Waals surface area (Å²) in [5.74, 6) is -0.222. The van der Waals surface area contributed by atoms with Crippen molar-refractivity contribution in [3.63, 3.8) is 0 Å². The van der Waals surface area contributed by atoms with Crippen LogP contribution in [0.5, 0.6) is 0 Å². The normalized spacial score (nSPS) is 11.0. The molecule has 2 aromatic carbocycles. The zero-order chi connectivity index (χ0) is 19.1. The molecule has 0 aliphatic carbocycles. The fraction of sp³-hybridized carbons (Fsp3) is 0.190. The van der Waals surface area contributed by atoms with Crippen molar-refractivity contribution in [2.75, 3.05) is 10.6 Å². The Hall–Kier alpha value is -3.39. The summed E-state index contributed by atoms with van der Waals surface area (Å²) in [6.45, 7) is 5.64. The third-order valence-electron chi connectivity index (χ3n) is 3.74. The van der Waals surface area contributed by atoms with Crippen LogP contribution in [-0.2, 0) is 9.59 Å². The largest absolute Gasteiger partial charge is 0.326 e. The Bertz CT molecular complexity index is 858. The fourth-order valence-corrected chi connectivity index (χ4v) is 2.33. The Morgan fingerprint density at radius 1 is 0.962 bits per heavy atom. The van der Waals surface area contributed by atoms with Crippen molar-refractivity contribution in [3.05, 3.63) is 65.2 Å².